The van der Waals surface area contributed by atoms with Crippen molar-refractivity contribution in [1.82, 2.24) is 13.6 Å². The first kappa shape index (κ1) is 14.9. The van der Waals surface area contributed by atoms with Gasteiger partial charge in [0.1, 0.15) is 4.60 Å². The molecule has 0 unspecified atom stereocenters. The fraction of sp³-hybridized carbons (Fsp3) is 0.583. The summed E-state index contributed by atoms with van der Waals surface area (Å²) < 4.78 is 27.7. The highest BCUT2D eigenvalue weighted by atomic mass is 79.9. The van der Waals surface area contributed by atoms with Crippen molar-refractivity contribution in [1.29, 1.82) is 0 Å². The topological polar surface area (TPSA) is 53.5 Å². The molecule has 0 bridgehead atoms. The molecule has 1 aliphatic heterocycles. The maximum Gasteiger partial charge on any atom is 0.281 e. The van der Waals surface area contributed by atoms with Crippen LogP contribution in [0, 0.1) is 5.92 Å². The Labute approximate surface area is 122 Å². The summed E-state index contributed by atoms with van der Waals surface area (Å²) >= 11 is 3.35. The molecule has 19 heavy (non-hydrogen) atoms. The lowest BCUT2D eigenvalue weighted by Gasteiger charge is -2.20. The summed E-state index contributed by atoms with van der Waals surface area (Å²) in [6.45, 7) is 1.17. The molecule has 2 rings (SSSR count). The average molecular weight is 348 g/mol. The van der Waals surface area contributed by atoms with E-state index in [-0.39, 0.29) is 0 Å². The average Bonchev–Trinajstić information content (AvgIpc) is 2.78. The molecule has 0 spiro atoms. The molecule has 0 saturated carbocycles. The highest BCUT2D eigenvalue weighted by molar-refractivity contribution is 9.10. The van der Waals surface area contributed by atoms with E-state index in [1.807, 2.05) is 18.2 Å². The van der Waals surface area contributed by atoms with Gasteiger partial charge in [0.15, 0.2) is 0 Å². The van der Waals surface area contributed by atoms with Crippen molar-refractivity contribution < 1.29 is 8.42 Å². The van der Waals surface area contributed by atoms with E-state index in [0.717, 1.165) is 23.1 Å². The second kappa shape index (κ2) is 5.87. The number of hydrogen-bond acceptors (Lipinski definition) is 3. The van der Waals surface area contributed by atoms with Crippen LogP contribution in [0.15, 0.2) is 22.8 Å². The van der Waals surface area contributed by atoms with E-state index in [9.17, 15) is 8.42 Å². The molecule has 2 heterocycles. The van der Waals surface area contributed by atoms with Gasteiger partial charge in [-0.3, -0.25) is 0 Å². The van der Waals surface area contributed by atoms with E-state index in [4.69, 9.17) is 0 Å². The molecule has 0 N–H and O–H groups in total. The van der Waals surface area contributed by atoms with Gasteiger partial charge in [-0.05, 0) is 46.8 Å². The van der Waals surface area contributed by atoms with Gasteiger partial charge in [-0.2, -0.15) is 17.0 Å². The molecule has 1 aromatic heterocycles. The van der Waals surface area contributed by atoms with E-state index in [1.54, 1.807) is 18.4 Å². The minimum atomic E-state index is -3.27. The number of halogens is 1. The summed E-state index contributed by atoms with van der Waals surface area (Å²) in [5.74, 6) is 0.344. The quantitative estimate of drug-likeness (QED) is 0.776. The van der Waals surface area contributed by atoms with Crippen LogP contribution in [0.25, 0.3) is 0 Å². The van der Waals surface area contributed by atoms with Crippen LogP contribution in [0.5, 0.6) is 0 Å². The Morgan fingerprint density at radius 2 is 2.21 bits per heavy atom. The molecule has 106 valence electrons. The van der Waals surface area contributed by atoms with E-state index in [1.165, 1.54) is 4.31 Å². The molecule has 7 heteroatoms. The van der Waals surface area contributed by atoms with E-state index < -0.39 is 10.2 Å². The first-order valence-electron chi connectivity index (χ1n) is 6.18. The van der Waals surface area contributed by atoms with Crippen molar-refractivity contribution in [3.8, 4) is 0 Å². The second-order valence-corrected chi connectivity index (χ2v) is 7.91. The van der Waals surface area contributed by atoms with Crippen LogP contribution < -0.4 is 0 Å². The van der Waals surface area contributed by atoms with Gasteiger partial charge in [0.2, 0.25) is 0 Å². The van der Waals surface area contributed by atoms with Crippen molar-refractivity contribution in [2.24, 2.45) is 5.92 Å². The lowest BCUT2D eigenvalue weighted by atomic mass is 10.0. The molecule has 1 aromatic rings. The lowest BCUT2D eigenvalue weighted by Crippen LogP contribution is -2.38. The smallest absolute Gasteiger partial charge is 0.246 e. The number of pyridine rings is 1. The zero-order chi connectivity index (χ0) is 14.0. The Morgan fingerprint density at radius 3 is 2.84 bits per heavy atom. The van der Waals surface area contributed by atoms with Crippen molar-refractivity contribution in [2.45, 2.75) is 12.8 Å². The standard InChI is InChI=1S/C12H18BrN3O2S/c1-15(2)19(17,18)16-7-6-10(9-16)8-11-4-3-5-12(13)14-11/h3-5,10H,6-9H2,1-2H3/t10-/m0/s1. The van der Waals surface area contributed by atoms with Crippen LogP contribution in [0.3, 0.4) is 0 Å². The van der Waals surface area contributed by atoms with Gasteiger partial charge in [0.05, 0.1) is 0 Å². The molecular weight excluding hydrogens is 330 g/mol. The first-order valence-corrected chi connectivity index (χ1v) is 8.37. The predicted molar refractivity (Wildman–Crippen MR) is 77.9 cm³/mol. The molecule has 1 saturated heterocycles. The first-order chi connectivity index (χ1) is 8.89. The summed E-state index contributed by atoms with van der Waals surface area (Å²) in [6, 6.07) is 5.82. The monoisotopic (exact) mass is 347 g/mol. The molecule has 1 fully saturated rings. The van der Waals surface area contributed by atoms with E-state index in [0.29, 0.717) is 19.0 Å². The predicted octanol–water partition coefficient (Wildman–Crippen LogP) is 1.51. The van der Waals surface area contributed by atoms with Gasteiger partial charge in [-0.25, -0.2) is 4.98 Å². The highest BCUT2D eigenvalue weighted by Gasteiger charge is 2.32. The van der Waals surface area contributed by atoms with Crippen LogP contribution in [0.2, 0.25) is 0 Å². The van der Waals surface area contributed by atoms with Gasteiger partial charge in [0.25, 0.3) is 10.2 Å². The number of aromatic nitrogens is 1. The molecule has 0 amide bonds. The van der Waals surface area contributed by atoms with Crippen LogP contribution >= 0.6 is 15.9 Å². The van der Waals surface area contributed by atoms with Gasteiger partial charge in [0, 0.05) is 32.9 Å². The van der Waals surface area contributed by atoms with Gasteiger partial charge >= 0.3 is 0 Å². The van der Waals surface area contributed by atoms with Gasteiger partial charge in [-0.15, -0.1) is 0 Å². The van der Waals surface area contributed by atoms with E-state index >= 15 is 0 Å². The third kappa shape index (κ3) is 3.53. The fourth-order valence-electron chi connectivity index (χ4n) is 2.26. The molecule has 1 aliphatic rings. The minimum Gasteiger partial charge on any atom is -0.246 e. The number of nitrogens with zero attached hydrogens (tertiary/aromatic N) is 3. The summed E-state index contributed by atoms with van der Waals surface area (Å²) in [5, 5.41) is 0. The van der Waals surface area contributed by atoms with Crippen LogP contribution in [-0.4, -0.2) is 49.2 Å². The van der Waals surface area contributed by atoms with Crippen LogP contribution in [-0.2, 0) is 16.6 Å². The molecule has 5 nitrogen and oxygen atoms in total. The van der Waals surface area contributed by atoms with Crippen molar-refractivity contribution in [3.63, 3.8) is 0 Å². The number of rotatable bonds is 4. The fourth-order valence-corrected chi connectivity index (χ4v) is 3.84. The van der Waals surface area contributed by atoms with Crippen molar-refractivity contribution in [2.75, 3.05) is 27.2 Å². The Kier molecular flexibility index (Phi) is 4.60. The molecule has 0 aliphatic carbocycles. The minimum absolute atomic E-state index is 0.344. The Balaban J connectivity index is 2.00. The van der Waals surface area contributed by atoms with Crippen LogP contribution in [0.4, 0.5) is 0 Å². The summed E-state index contributed by atoms with van der Waals surface area (Å²) in [6.07, 6.45) is 1.71. The van der Waals surface area contributed by atoms with Gasteiger partial charge in [-0.1, -0.05) is 6.07 Å². The van der Waals surface area contributed by atoms with Crippen molar-refractivity contribution in [3.05, 3.63) is 28.5 Å². The normalized spacial score (nSPS) is 21.2. The third-order valence-corrected chi connectivity index (χ3v) is 5.66. The Hall–Kier alpha value is -0.500. The Morgan fingerprint density at radius 1 is 1.47 bits per heavy atom. The maximum atomic E-state index is 12.0. The zero-order valence-corrected chi connectivity index (χ0v) is 13.5. The second-order valence-electron chi connectivity index (χ2n) is 4.96. The van der Waals surface area contributed by atoms with Crippen LogP contribution in [0.1, 0.15) is 12.1 Å². The molecule has 0 radical (unpaired) electrons. The number of hydrogen-bond donors (Lipinski definition) is 0. The summed E-state index contributed by atoms with van der Waals surface area (Å²) in [5.41, 5.74) is 1.00. The largest absolute Gasteiger partial charge is 0.281 e. The highest BCUT2D eigenvalue weighted by Crippen LogP contribution is 2.23. The molecule has 0 aromatic carbocycles. The van der Waals surface area contributed by atoms with Crippen molar-refractivity contribution >= 4 is 26.1 Å². The summed E-state index contributed by atoms with van der Waals surface area (Å²) in [7, 11) is -0.137. The zero-order valence-electron chi connectivity index (χ0n) is 11.1. The SMILES string of the molecule is CN(C)S(=O)(=O)N1CC[C@@H](Cc2cccc(Br)n2)C1. The lowest BCUT2D eigenvalue weighted by molar-refractivity contribution is 0.409. The Bertz CT molecular complexity index is 548. The van der Waals surface area contributed by atoms with Gasteiger partial charge < -0.3 is 0 Å². The molecule has 1 atom stereocenters. The third-order valence-electron chi connectivity index (χ3n) is 3.31. The maximum absolute atomic E-state index is 12.0. The summed E-state index contributed by atoms with van der Waals surface area (Å²) in [4.78, 5) is 4.40. The molecular formula is C12H18BrN3O2S. The van der Waals surface area contributed by atoms with E-state index in [2.05, 4.69) is 20.9 Å².